The molecule has 0 bridgehead atoms. The second kappa shape index (κ2) is 11.0. The Kier molecular flexibility index (Phi) is 7.64. The van der Waals surface area contributed by atoms with Gasteiger partial charge in [0.25, 0.3) is 0 Å². The Bertz CT molecular complexity index is 968. The standard InChI is InChI=1S/C25H31N5O2/c1-29-15-17-30(18-16-29)19-22(20-9-4-2-5-10-20)26-23(31)13-8-14-24-27-28-25(32-24)21-11-6-3-7-12-21/h2-7,9-12,22H,8,13-19H2,1H3,(H,26,31). The van der Waals surface area contributed by atoms with Crippen molar-refractivity contribution < 1.29 is 9.21 Å². The number of carbonyl (C=O) groups is 1. The molecule has 1 fully saturated rings. The molecule has 1 saturated heterocycles. The third kappa shape index (κ3) is 6.24. The molecule has 1 atom stereocenters. The minimum absolute atomic E-state index is 0.0137. The Hall–Kier alpha value is -3.03. The van der Waals surface area contributed by atoms with Crippen LogP contribution in [-0.2, 0) is 11.2 Å². The van der Waals surface area contributed by atoms with Gasteiger partial charge in [-0.3, -0.25) is 9.69 Å². The van der Waals surface area contributed by atoms with Crippen LogP contribution in [0, 0.1) is 0 Å². The lowest BCUT2D eigenvalue weighted by atomic mass is 10.1. The molecule has 1 N–H and O–H groups in total. The normalized spacial score (nSPS) is 16.0. The number of aromatic nitrogens is 2. The van der Waals surface area contributed by atoms with Gasteiger partial charge in [-0.15, -0.1) is 10.2 Å². The average molecular weight is 434 g/mol. The summed E-state index contributed by atoms with van der Waals surface area (Å²) in [6.07, 6.45) is 1.68. The summed E-state index contributed by atoms with van der Waals surface area (Å²) >= 11 is 0. The smallest absolute Gasteiger partial charge is 0.247 e. The second-order valence-electron chi connectivity index (χ2n) is 8.36. The van der Waals surface area contributed by atoms with Crippen LogP contribution in [0.5, 0.6) is 0 Å². The molecule has 2 heterocycles. The SMILES string of the molecule is CN1CCN(CC(NC(=O)CCCc2nnc(-c3ccccc3)o2)c2ccccc2)CC1. The van der Waals surface area contributed by atoms with Crippen molar-refractivity contribution in [1.82, 2.24) is 25.3 Å². The summed E-state index contributed by atoms with van der Waals surface area (Å²) in [5.41, 5.74) is 2.04. The maximum Gasteiger partial charge on any atom is 0.247 e. The summed E-state index contributed by atoms with van der Waals surface area (Å²) in [6.45, 7) is 5.00. The molecule has 3 aromatic rings. The predicted octanol–water partition coefficient (Wildman–Crippen LogP) is 3.16. The number of nitrogens with zero attached hydrogens (tertiary/aromatic N) is 4. The number of carbonyl (C=O) groups excluding carboxylic acids is 1. The van der Waals surface area contributed by atoms with Gasteiger partial charge in [0.2, 0.25) is 17.7 Å². The first-order valence-corrected chi connectivity index (χ1v) is 11.3. The molecule has 7 nitrogen and oxygen atoms in total. The molecule has 4 rings (SSSR count). The van der Waals surface area contributed by atoms with Gasteiger partial charge in [-0.1, -0.05) is 48.5 Å². The Morgan fingerprint density at radius 1 is 1.00 bits per heavy atom. The molecular weight excluding hydrogens is 402 g/mol. The predicted molar refractivity (Wildman–Crippen MR) is 124 cm³/mol. The molecule has 1 amide bonds. The van der Waals surface area contributed by atoms with Crippen LogP contribution >= 0.6 is 0 Å². The Morgan fingerprint density at radius 2 is 1.69 bits per heavy atom. The van der Waals surface area contributed by atoms with E-state index in [4.69, 9.17) is 4.42 Å². The van der Waals surface area contributed by atoms with Crippen LogP contribution in [0.4, 0.5) is 0 Å². The summed E-state index contributed by atoms with van der Waals surface area (Å²) in [5.74, 6) is 1.13. The van der Waals surface area contributed by atoms with Crippen LogP contribution in [0.15, 0.2) is 65.1 Å². The topological polar surface area (TPSA) is 74.5 Å². The number of aryl methyl sites for hydroxylation is 1. The van der Waals surface area contributed by atoms with Gasteiger partial charge in [-0.05, 0) is 31.2 Å². The lowest BCUT2D eigenvalue weighted by Gasteiger charge is -2.35. The number of nitrogens with one attached hydrogen (secondary N) is 1. The summed E-state index contributed by atoms with van der Waals surface area (Å²) in [7, 11) is 2.15. The van der Waals surface area contributed by atoms with Gasteiger partial charge in [-0.2, -0.15) is 0 Å². The van der Waals surface area contributed by atoms with Crippen molar-refractivity contribution in [3.8, 4) is 11.5 Å². The largest absolute Gasteiger partial charge is 0.421 e. The molecular formula is C25H31N5O2. The first kappa shape index (κ1) is 22.2. The average Bonchev–Trinajstić information content (AvgIpc) is 3.30. The van der Waals surface area contributed by atoms with Gasteiger partial charge < -0.3 is 14.6 Å². The molecule has 7 heteroatoms. The fraction of sp³-hybridized carbons (Fsp3) is 0.400. The number of likely N-dealkylation sites (N-methyl/N-ethyl adjacent to an activating group) is 1. The highest BCUT2D eigenvalue weighted by atomic mass is 16.4. The number of benzene rings is 2. The quantitative estimate of drug-likeness (QED) is 0.559. The van der Waals surface area contributed by atoms with Gasteiger partial charge in [-0.25, -0.2) is 0 Å². The molecule has 0 aliphatic carbocycles. The first-order chi connectivity index (χ1) is 15.7. The van der Waals surface area contributed by atoms with Crippen molar-refractivity contribution in [3.05, 3.63) is 72.1 Å². The van der Waals surface area contributed by atoms with E-state index in [1.54, 1.807) is 0 Å². The molecule has 1 aliphatic rings. The van der Waals surface area contributed by atoms with Crippen molar-refractivity contribution in [1.29, 1.82) is 0 Å². The van der Waals surface area contributed by atoms with Crippen LogP contribution in [0.3, 0.4) is 0 Å². The third-order valence-corrected chi connectivity index (χ3v) is 5.86. The zero-order valence-electron chi connectivity index (χ0n) is 18.6. The monoisotopic (exact) mass is 433 g/mol. The highest BCUT2D eigenvalue weighted by Crippen LogP contribution is 2.19. The molecule has 32 heavy (non-hydrogen) atoms. The maximum atomic E-state index is 12.7. The van der Waals surface area contributed by atoms with E-state index in [2.05, 4.69) is 44.5 Å². The first-order valence-electron chi connectivity index (χ1n) is 11.3. The van der Waals surface area contributed by atoms with Crippen molar-refractivity contribution in [2.75, 3.05) is 39.8 Å². The van der Waals surface area contributed by atoms with E-state index in [0.29, 0.717) is 31.0 Å². The maximum absolute atomic E-state index is 12.7. The molecule has 0 spiro atoms. The highest BCUT2D eigenvalue weighted by molar-refractivity contribution is 5.76. The van der Waals surface area contributed by atoms with Crippen molar-refractivity contribution in [2.45, 2.75) is 25.3 Å². The number of hydrogen-bond acceptors (Lipinski definition) is 6. The Balaban J connectivity index is 1.29. The fourth-order valence-corrected chi connectivity index (χ4v) is 3.93. The molecule has 1 aromatic heterocycles. The summed E-state index contributed by atoms with van der Waals surface area (Å²) in [6, 6.07) is 19.9. The minimum atomic E-state index is -0.0137. The van der Waals surface area contributed by atoms with Gasteiger partial charge in [0.05, 0.1) is 6.04 Å². The van der Waals surface area contributed by atoms with Crippen molar-refractivity contribution >= 4 is 5.91 Å². The lowest BCUT2D eigenvalue weighted by molar-refractivity contribution is -0.122. The van der Waals surface area contributed by atoms with Gasteiger partial charge in [0, 0.05) is 51.1 Å². The molecule has 168 valence electrons. The van der Waals surface area contributed by atoms with E-state index in [-0.39, 0.29) is 11.9 Å². The summed E-state index contributed by atoms with van der Waals surface area (Å²) in [5, 5.41) is 11.5. The Morgan fingerprint density at radius 3 is 2.41 bits per heavy atom. The van der Waals surface area contributed by atoms with Crippen LogP contribution in [0.25, 0.3) is 11.5 Å². The third-order valence-electron chi connectivity index (χ3n) is 5.86. The molecule has 1 aliphatic heterocycles. The van der Waals surface area contributed by atoms with E-state index >= 15 is 0 Å². The van der Waals surface area contributed by atoms with Crippen molar-refractivity contribution in [2.24, 2.45) is 0 Å². The van der Waals surface area contributed by atoms with Crippen LogP contribution < -0.4 is 5.32 Å². The van der Waals surface area contributed by atoms with E-state index in [1.165, 1.54) is 0 Å². The number of rotatable bonds is 9. The molecule has 1 unspecified atom stereocenters. The molecule has 0 saturated carbocycles. The van der Waals surface area contributed by atoms with Gasteiger partial charge >= 0.3 is 0 Å². The van der Waals surface area contributed by atoms with Crippen LogP contribution in [0.1, 0.15) is 30.3 Å². The number of hydrogen-bond donors (Lipinski definition) is 1. The van der Waals surface area contributed by atoms with E-state index in [9.17, 15) is 4.79 Å². The van der Waals surface area contributed by atoms with Crippen molar-refractivity contribution in [3.63, 3.8) is 0 Å². The van der Waals surface area contributed by atoms with Crippen LogP contribution in [0.2, 0.25) is 0 Å². The Labute approximate surface area is 189 Å². The highest BCUT2D eigenvalue weighted by Gasteiger charge is 2.21. The van der Waals surface area contributed by atoms with E-state index < -0.39 is 0 Å². The van der Waals surface area contributed by atoms with Gasteiger partial charge in [0.1, 0.15) is 0 Å². The molecule has 2 aromatic carbocycles. The molecule has 0 radical (unpaired) electrons. The summed E-state index contributed by atoms with van der Waals surface area (Å²) < 4.78 is 5.75. The second-order valence-corrected chi connectivity index (χ2v) is 8.36. The minimum Gasteiger partial charge on any atom is -0.421 e. The van der Waals surface area contributed by atoms with E-state index in [0.717, 1.165) is 43.9 Å². The summed E-state index contributed by atoms with van der Waals surface area (Å²) in [4.78, 5) is 17.5. The number of piperazine rings is 1. The lowest BCUT2D eigenvalue weighted by Crippen LogP contribution is -2.47. The van der Waals surface area contributed by atoms with E-state index in [1.807, 2.05) is 48.5 Å². The fourth-order valence-electron chi connectivity index (χ4n) is 3.93. The number of amides is 1. The van der Waals surface area contributed by atoms with Crippen LogP contribution in [-0.4, -0.2) is 65.7 Å². The zero-order valence-corrected chi connectivity index (χ0v) is 18.6. The van der Waals surface area contributed by atoms with Gasteiger partial charge in [0.15, 0.2) is 0 Å². The zero-order chi connectivity index (χ0) is 22.2.